The molecule has 0 aliphatic heterocycles. The highest BCUT2D eigenvalue weighted by Gasteiger charge is 2.19. The Labute approximate surface area is 156 Å². The van der Waals surface area contributed by atoms with E-state index in [-0.39, 0.29) is 34.0 Å². The number of halogens is 1. The number of rotatable bonds is 4. The van der Waals surface area contributed by atoms with Gasteiger partial charge in [-0.2, -0.15) is 0 Å². The highest BCUT2D eigenvalue weighted by atomic mass is 32.2. The number of hydrogen-bond acceptors (Lipinski definition) is 6. The molecule has 0 aliphatic rings. The number of fused-ring (bicyclic) bond motifs is 1. The number of aromatic hydroxyl groups is 1. The van der Waals surface area contributed by atoms with Crippen molar-refractivity contribution in [3.63, 3.8) is 0 Å². The first-order chi connectivity index (χ1) is 12.7. The lowest BCUT2D eigenvalue weighted by atomic mass is 10.1. The normalized spacial score (nSPS) is 11.1. The van der Waals surface area contributed by atoms with Crippen LogP contribution in [0.4, 0.5) is 4.39 Å². The van der Waals surface area contributed by atoms with Crippen molar-refractivity contribution in [1.82, 2.24) is 5.32 Å². The van der Waals surface area contributed by atoms with Gasteiger partial charge in [0.2, 0.25) is 0 Å². The summed E-state index contributed by atoms with van der Waals surface area (Å²) >= 11 is 0. The van der Waals surface area contributed by atoms with Crippen molar-refractivity contribution in [3.8, 4) is 17.1 Å². The van der Waals surface area contributed by atoms with Gasteiger partial charge in [-0.15, -0.1) is 0 Å². The summed E-state index contributed by atoms with van der Waals surface area (Å²) in [5, 5.41) is 13.1. The molecule has 144 valence electrons. The Balaban J connectivity index is 0.000000817. The minimum Gasteiger partial charge on any atom is -0.508 e. The van der Waals surface area contributed by atoms with Crippen LogP contribution >= 0.6 is 0 Å². The largest absolute Gasteiger partial charge is 0.508 e. The summed E-state index contributed by atoms with van der Waals surface area (Å²) in [7, 11) is 0.403. The van der Waals surface area contributed by atoms with Gasteiger partial charge in [-0.1, -0.05) is 0 Å². The first-order valence-corrected chi connectivity index (χ1v) is 10.0. The lowest BCUT2D eigenvalue weighted by molar-refractivity contribution is 0.112. The number of phenols is 1. The van der Waals surface area contributed by atoms with Crippen molar-refractivity contribution in [2.45, 2.75) is 5.75 Å². The first-order valence-electron chi connectivity index (χ1n) is 7.96. The Hall–Kier alpha value is -2.71. The number of phenolic OH excluding ortho intramolecular Hbond substituents is 1. The van der Waals surface area contributed by atoms with Crippen LogP contribution in [-0.2, 0) is 15.6 Å². The van der Waals surface area contributed by atoms with Gasteiger partial charge in [0.25, 0.3) is 0 Å². The molecular formula is C19H20FNO5S. The minimum absolute atomic E-state index is 0.182. The van der Waals surface area contributed by atoms with Crippen molar-refractivity contribution >= 4 is 27.1 Å². The second kappa shape index (κ2) is 8.32. The molecule has 0 bridgehead atoms. The van der Waals surface area contributed by atoms with Gasteiger partial charge in [0, 0.05) is 22.8 Å². The van der Waals surface area contributed by atoms with E-state index < -0.39 is 15.7 Å². The summed E-state index contributed by atoms with van der Waals surface area (Å²) < 4.78 is 41.6. The Bertz CT molecular complexity index is 1060. The molecule has 0 spiro atoms. The van der Waals surface area contributed by atoms with Gasteiger partial charge in [0.15, 0.2) is 16.1 Å². The van der Waals surface area contributed by atoms with Gasteiger partial charge in [0.05, 0.1) is 11.3 Å². The maximum absolute atomic E-state index is 13.1. The molecule has 0 amide bonds. The van der Waals surface area contributed by atoms with E-state index in [1.54, 1.807) is 0 Å². The van der Waals surface area contributed by atoms with Gasteiger partial charge in [-0.3, -0.25) is 4.79 Å². The number of carbonyl (C=O) groups is 1. The predicted octanol–water partition coefficient (Wildman–Crippen LogP) is 3.14. The molecule has 0 atom stereocenters. The molecule has 1 aromatic heterocycles. The van der Waals surface area contributed by atoms with Gasteiger partial charge >= 0.3 is 0 Å². The predicted molar refractivity (Wildman–Crippen MR) is 102 cm³/mol. The quantitative estimate of drug-likeness (QED) is 0.661. The molecule has 0 unspecified atom stereocenters. The molecule has 2 N–H and O–H groups in total. The molecule has 3 aromatic rings. The van der Waals surface area contributed by atoms with Gasteiger partial charge in [-0.25, -0.2) is 12.8 Å². The third-order valence-electron chi connectivity index (χ3n) is 3.57. The fraction of sp³-hybridized carbons (Fsp3) is 0.211. The molecule has 1 heterocycles. The van der Waals surface area contributed by atoms with E-state index in [4.69, 9.17) is 4.42 Å². The van der Waals surface area contributed by atoms with Crippen LogP contribution in [0.3, 0.4) is 0 Å². The van der Waals surface area contributed by atoms with Crippen molar-refractivity contribution in [2.75, 3.05) is 20.4 Å². The molecule has 0 saturated heterocycles. The van der Waals surface area contributed by atoms with E-state index in [0.717, 1.165) is 6.26 Å². The zero-order chi connectivity index (χ0) is 20.2. The topological polar surface area (TPSA) is 96.6 Å². The summed E-state index contributed by atoms with van der Waals surface area (Å²) in [6.45, 7) is 0. The summed E-state index contributed by atoms with van der Waals surface area (Å²) in [6.07, 6.45) is 1.64. The fourth-order valence-electron chi connectivity index (χ4n) is 2.52. The minimum atomic E-state index is -3.35. The molecule has 6 nitrogen and oxygen atoms in total. The van der Waals surface area contributed by atoms with Crippen LogP contribution < -0.4 is 5.32 Å². The number of sulfone groups is 1. The van der Waals surface area contributed by atoms with E-state index in [0.29, 0.717) is 17.2 Å². The Kier molecular flexibility index (Phi) is 6.35. The molecule has 27 heavy (non-hydrogen) atoms. The number of carbonyl (C=O) groups excluding carboxylic acids is 1. The molecule has 0 aliphatic carbocycles. The van der Waals surface area contributed by atoms with Crippen LogP contribution in [0, 0.1) is 5.82 Å². The first kappa shape index (κ1) is 20.6. The van der Waals surface area contributed by atoms with Crippen LogP contribution in [0.15, 0.2) is 40.8 Å². The number of aldehydes is 1. The zero-order valence-corrected chi connectivity index (χ0v) is 15.9. The number of furan rings is 1. The molecule has 3 rings (SSSR count). The molecule has 0 fully saturated rings. The van der Waals surface area contributed by atoms with E-state index in [2.05, 4.69) is 5.32 Å². The maximum Gasteiger partial charge on any atom is 0.154 e. The van der Waals surface area contributed by atoms with E-state index in [1.165, 1.54) is 36.4 Å². The van der Waals surface area contributed by atoms with Gasteiger partial charge in [-0.05, 0) is 50.5 Å². The third-order valence-corrected chi connectivity index (χ3v) is 4.40. The van der Waals surface area contributed by atoms with Crippen LogP contribution in [0.25, 0.3) is 22.3 Å². The van der Waals surface area contributed by atoms with Crippen LogP contribution in [0.1, 0.15) is 15.9 Å². The molecular weight excluding hydrogens is 373 g/mol. The fourth-order valence-corrected chi connectivity index (χ4v) is 3.32. The van der Waals surface area contributed by atoms with Crippen molar-refractivity contribution in [3.05, 3.63) is 53.3 Å². The third kappa shape index (κ3) is 4.93. The number of nitrogens with one attached hydrogen (secondary N) is 1. The molecule has 0 saturated carbocycles. The summed E-state index contributed by atoms with van der Waals surface area (Å²) in [5.74, 6) is -0.772. The smallest absolute Gasteiger partial charge is 0.154 e. The lowest BCUT2D eigenvalue weighted by Gasteiger charge is -2.03. The second-order valence-corrected chi connectivity index (χ2v) is 8.16. The van der Waals surface area contributed by atoms with Crippen LogP contribution in [0.2, 0.25) is 0 Å². The average molecular weight is 393 g/mol. The summed E-state index contributed by atoms with van der Waals surface area (Å²) in [6, 6.07) is 8.11. The van der Waals surface area contributed by atoms with Crippen molar-refractivity contribution < 1.29 is 27.1 Å². The van der Waals surface area contributed by atoms with Crippen LogP contribution in [0.5, 0.6) is 5.75 Å². The highest BCUT2D eigenvalue weighted by Crippen LogP contribution is 2.36. The second-order valence-electron chi connectivity index (χ2n) is 6.02. The Morgan fingerprint density at radius 3 is 2.30 bits per heavy atom. The van der Waals surface area contributed by atoms with Crippen molar-refractivity contribution in [2.24, 2.45) is 0 Å². The van der Waals surface area contributed by atoms with E-state index in [9.17, 15) is 22.7 Å². The maximum atomic E-state index is 13.1. The number of hydrogen-bond donors (Lipinski definition) is 2. The average Bonchev–Trinajstić information content (AvgIpc) is 2.92. The molecule has 0 radical (unpaired) electrons. The van der Waals surface area contributed by atoms with Crippen molar-refractivity contribution in [1.29, 1.82) is 0 Å². The monoisotopic (exact) mass is 393 g/mol. The lowest BCUT2D eigenvalue weighted by Crippen LogP contribution is -2.00. The zero-order valence-electron chi connectivity index (χ0n) is 15.1. The standard InChI is InChI=1S/C17H13FO5S.C2H7N/c1-24(21,22)9-11-6-16-13(7-15(11)20)14(8-19)17(23-16)10-2-4-12(18)5-3-10;1-3-2/h2-8,20H,9H2,1H3;3H,1-2H3. The van der Waals surface area contributed by atoms with Crippen LogP contribution in [-0.4, -0.2) is 40.2 Å². The number of benzene rings is 2. The summed E-state index contributed by atoms with van der Waals surface area (Å²) in [5.41, 5.74) is 1.16. The van der Waals surface area contributed by atoms with Gasteiger partial charge in [0.1, 0.15) is 22.9 Å². The summed E-state index contributed by atoms with van der Waals surface area (Å²) in [4.78, 5) is 11.5. The Morgan fingerprint density at radius 1 is 1.19 bits per heavy atom. The SMILES string of the molecule is CNC.CS(=O)(=O)Cc1cc2oc(-c3ccc(F)cc3)c(C=O)c2cc1O. The highest BCUT2D eigenvalue weighted by molar-refractivity contribution is 7.89. The van der Waals surface area contributed by atoms with Gasteiger partial charge < -0.3 is 14.8 Å². The Morgan fingerprint density at radius 2 is 1.78 bits per heavy atom. The van der Waals surface area contributed by atoms with E-state index >= 15 is 0 Å². The molecule has 2 aromatic carbocycles. The van der Waals surface area contributed by atoms with E-state index in [1.807, 2.05) is 14.1 Å². The molecule has 8 heteroatoms.